The second kappa shape index (κ2) is 5.97. The highest BCUT2D eigenvalue weighted by atomic mass is 32.2. The highest BCUT2D eigenvalue weighted by molar-refractivity contribution is 7.89. The Labute approximate surface area is 148 Å². The Morgan fingerprint density at radius 2 is 1.92 bits per heavy atom. The van der Waals surface area contributed by atoms with Crippen LogP contribution in [0.4, 0.5) is 5.69 Å². The lowest BCUT2D eigenvalue weighted by Crippen LogP contribution is -2.41. The summed E-state index contributed by atoms with van der Waals surface area (Å²) in [5, 5.41) is 3.32. The van der Waals surface area contributed by atoms with Gasteiger partial charge in [0.05, 0.1) is 16.9 Å². The van der Waals surface area contributed by atoms with Gasteiger partial charge in [-0.3, -0.25) is 15.0 Å². The molecule has 0 unspecified atom stereocenters. The third-order valence-corrected chi connectivity index (χ3v) is 5.39. The summed E-state index contributed by atoms with van der Waals surface area (Å²) in [6, 6.07) is 11.5. The number of benzene rings is 2. The van der Waals surface area contributed by atoms with E-state index in [1.165, 1.54) is 24.4 Å². The fourth-order valence-electron chi connectivity index (χ4n) is 2.87. The van der Waals surface area contributed by atoms with Crippen LogP contribution in [0, 0.1) is 0 Å². The molecule has 2 amide bonds. The van der Waals surface area contributed by atoms with Gasteiger partial charge in [0, 0.05) is 22.8 Å². The average Bonchev–Trinajstić information content (AvgIpc) is 3.21. The summed E-state index contributed by atoms with van der Waals surface area (Å²) in [5.41, 5.74) is 4.51. The number of hydrogen-bond donors (Lipinski definition) is 4. The number of carbonyl (C=O) groups excluding carboxylic acids is 2. The van der Waals surface area contributed by atoms with Crippen LogP contribution in [-0.4, -0.2) is 25.2 Å². The fraction of sp³-hybridized carbons (Fsp3) is 0.0588. The van der Waals surface area contributed by atoms with E-state index in [4.69, 9.17) is 0 Å². The molecule has 0 spiro atoms. The normalized spacial score (nSPS) is 13.5. The second-order valence-corrected chi connectivity index (χ2v) is 7.53. The van der Waals surface area contributed by atoms with Crippen molar-refractivity contribution in [2.24, 2.45) is 0 Å². The molecule has 1 aliphatic heterocycles. The van der Waals surface area contributed by atoms with Gasteiger partial charge in [-0.15, -0.1) is 4.83 Å². The molecule has 0 bridgehead atoms. The number of amides is 2. The van der Waals surface area contributed by atoms with Crippen LogP contribution < -0.4 is 15.6 Å². The number of sulfonamides is 1. The third kappa shape index (κ3) is 2.83. The van der Waals surface area contributed by atoms with E-state index in [1.807, 2.05) is 12.1 Å². The lowest BCUT2D eigenvalue weighted by atomic mass is 10.2. The number of hydrazine groups is 1. The van der Waals surface area contributed by atoms with Gasteiger partial charge in [-0.05, 0) is 29.8 Å². The van der Waals surface area contributed by atoms with E-state index < -0.39 is 15.9 Å². The maximum Gasteiger partial charge on any atom is 0.268 e. The smallest absolute Gasteiger partial charge is 0.268 e. The Balaban J connectivity index is 1.53. The molecule has 4 N–H and O–H groups in total. The van der Waals surface area contributed by atoms with Gasteiger partial charge in [0.1, 0.15) is 0 Å². The van der Waals surface area contributed by atoms with Crippen LogP contribution in [0.25, 0.3) is 10.9 Å². The number of H-pyrrole nitrogens is 1. The summed E-state index contributed by atoms with van der Waals surface area (Å²) in [7, 11) is -3.97. The van der Waals surface area contributed by atoms with E-state index in [0.717, 1.165) is 5.52 Å². The van der Waals surface area contributed by atoms with Crippen LogP contribution in [0.2, 0.25) is 0 Å². The zero-order chi connectivity index (χ0) is 18.3. The number of aromatic nitrogens is 1. The molecule has 0 atom stereocenters. The molecular weight excluding hydrogens is 356 g/mol. The van der Waals surface area contributed by atoms with Gasteiger partial charge < -0.3 is 10.3 Å². The fourth-order valence-corrected chi connectivity index (χ4v) is 3.76. The van der Waals surface area contributed by atoms with E-state index in [1.54, 1.807) is 12.1 Å². The van der Waals surface area contributed by atoms with Crippen molar-refractivity contribution in [3.63, 3.8) is 0 Å². The lowest BCUT2D eigenvalue weighted by molar-refractivity contribution is -0.115. The standard InChI is InChI=1S/C17H14N4O4S/c22-16-8-10-7-11(5-6-14(10)19-16)26(24,25)21-20-17(23)13-9-18-15-4-2-1-3-12(13)15/h1-7,9,18,21H,8H2,(H,19,22)(H,20,23). The summed E-state index contributed by atoms with van der Waals surface area (Å²) in [6.45, 7) is 0. The van der Waals surface area contributed by atoms with Gasteiger partial charge in [-0.1, -0.05) is 18.2 Å². The summed E-state index contributed by atoms with van der Waals surface area (Å²) in [6.07, 6.45) is 1.64. The summed E-state index contributed by atoms with van der Waals surface area (Å²) in [5.74, 6) is -0.765. The molecule has 2 aromatic carbocycles. The molecule has 132 valence electrons. The van der Waals surface area contributed by atoms with Crippen molar-refractivity contribution in [3.05, 3.63) is 59.8 Å². The molecule has 2 heterocycles. The first kappa shape index (κ1) is 16.3. The second-order valence-electron chi connectivity index (χ2n) is 5.85. The van der Waals surface area contributed by atoms with Crippen LogP contribution in [0.1, 0.15) is 15.9 Å². The van der Waals surface area contributed by atoms with Crippen molar-refractivity contribution >= 4 is 38.4 Å². The number of rotatable bonds is 4. The summed E-state index contributed by atoms with van der Waals surface area (Å²) in [4.78, 5) is 28.7. The quantitative estimate of drug-likeness (QED) is 0.517. The molecule has 0 aliphatic carbocycles. The monoisotopic (exact) mass is 370 g/mol. The van der Waals surface area contributed by atoms with Gasteiger partial charge in [0.15, 0.2) is 0 Å². The highest BCUT2D eigenvalue weighted by Crippen LogP contribution is 2.25. The highest BCUT2D eigenvalue weighted by Gasteiger charge is 2.22. The lowest BCUT2D eigenvalue weighted by Gasteiger charge is -2.09. The number of nitrogens with one attached hydrogen (secondary N) is 4. The van der Waals surface area contributed by atoms with Crippen molar-refractivity contribution < 1.29 is 18.0 Å². The first-order valence-corrected chi connectivity index (χ1v) is 9.23. The van der Waals surface area contributed by atoms with E-state index in [2.05, 4.69) is 20.6 Å². The van der Waals surface area contributed by atoms with Crippen LogP contribution in [0.5, 0.6) is 0 Å². The van der Waals surface area contributed by atoms with Gasteiger partial charge in [0.25, 0.3) is 15.9 Å². The minimum absolute atomic E-state index is 0.0352. The van der Waals surface area contributed by atoms with E-state index in [-0.39, 0.29) is 17.2 Å². The number of carbonyl (C=O) groups is 2. The minimum atomic E-state index is -3.97. The zero-order valence-electron chi connectivity index (χ0n) is 13.4. The maximum absolute atomic E-state index is 12.4. The van der Waals surface area contributed by atoms with E-state index in [0.29, 0.717) is 22.2 Å². The van der Waals surface area contributed by atoms with Gasteiger partial charge >= 0.3 is 0 Å². The van der Waals surface area contributed by atoms with Crippen LogP contribution in [0.3, 0.4) is 0 Å². The summed E-state index contributed by atoms with van der Waals surface area (Å²) < 4.78 is 24.8. The predicted molar refractivity (Wildman–Crippen MR) is 94.9 cm³/mol. The third-order valence-electron chi connectivity index (χ3n) is 4.14. The average molecular weight is 370 g/mol. The molecule has 1 aliphatic rings. The van der Waals surface area contributed by atoms with Crippen molar-refractivity contribution in [2.45, 2.75) is 11.3 Å². The predicted octanol–water partition coefficient (Wildman–Crippen LogP) is 1.29. The van der Waals surface area contributed by atoms with Crippen LogP contribution >= 0.6 is 0 Å². The SMILES string of the molecule is O=C1Cc2cc(S(=O)(=O)NNC(=O)c3c[nH]c4ccccc34)ccc2N1. The molecule has 26 heavy (non-hydrogen) atoms. The van der Waals surface area contributed by atoms with Crippen LogP contribution in [-0.2, 0) is 21.2 Å². The van der Waals surface area contributed by atoms with E-state index in [9.17, 15) is 18.0 Å². The first-order valence-electron chi connectivity index (χ1n) is 7.75. The Bertz CT molecular complexity index is 1150. The largest absolute Gasteiger partial charge is 0.360 e. The molecule has 8 nitrogen and oxygen atoms in total. The molecule has 3 aromatic rings. The number of anilines is 1. The molecule has 1 aromatic heterocycles. The van der Waals surface area contributed by atoms with Crippen molar-refractivity contribution in [1.29, 1.82) is 0 Å². The Kier molecular flexibility index (Phi) is 3.74. The summed E-state index contributed by atoms with van der Waals surface area (Å²) >= 11 is 0. The molecule has 0 radical (unpaired) electrons. The van der Waals surface area contributed by atoms with Gasteiger partial charge in [-0.25, -0.2) is 8.42 Å². The number of para-hydroxylation sites is 1. The number of fused-ring (bicyclic) bond motifs is 2. The van der Waals surface area contributed by atoms with E-state index >= 15 is 0 Å². The van der Waals surface area contributed by atoms with Crippen molar-refractivity contribution in [2.75, 3.05) is 5.32 Å². The number of hydrogen-bond acceptors (Lipinski definition) is 4. The van der Waals surface area contributed by atoms with Gasteiger partial charge in [0.2, 0.25) is 5.91 Å². The Hall–Kier alpha value is -3.17. The topological polar surface area (TPSA) is 120 Å². The molecule has 0 fully saturated rings. The van der Waals surface area contributed by atoms with Crippen molar-refractivity contribution in [1.82, 2.24) is 15.2 Å². The molecule has 9 heteroatoms. The van der Waals surface area contributed by atoms with Crippen molar-refractivity contribution in [3.8, 4) is 0 Å². The Morgan fingerprint density at radius 1 is 1.12 bits per heavy atom. The molecular formula is C17H14N4O4S. The minimum Gasteiger partial charge on any atom is -0.360 e. The van der Waals surface area contributed by atoms with Crippen LogP contribution in [0.15, 0.2) is 53.6 Å². The van der Waals surface area contributed by atoms with Gasteiger partial charge in [-0.2, -0.15) is 0 Å². The molecule has 0 saturated carbocycles. The zero-order valence-corrected chi connectivity index (χ0v) is 14.2. The first-order chi connectivity index (χ1) is 12.4. The number of aromatic amines is 1. The Morgan fingerprint density at radius 3 is 2.77 bits per heavy atom. The maximum atomic E-state index is 12.4. The molecule has 0 saturated heterocycles. The molecule has 4 rings (SSSR count).